The van der Waals surface area contributed by atoms with Gasteiger partial charge in [-0.2, -0.15) is 0 Å². The minimum absolute atomic E-state index is 0.107. The Morgan fingerprint density at radius 1 is 1.20 bits per heavy atom. The Morgan fingerprint density at radius 2 is 2.04 bits per heavy atom. The van der Waals surface area contributed by atoms with E-state index in [1.807, 2.05) is 36.4 Å². The van der Waals surface area contributed by atoms with Crippen molar-refractivity contribution in [1.82, 2.24) is 26.4 Å². The summed E-state index contributed by atoms with van der Waals surface area (Å²) in [4.78, 5) is 22.9. The van der Waals surface area contributed by atoms with Crippen LogP contribution in [0.2, 0.25) is 0 Å². The third-order valence-corrected chi connectivity index (χ3v) is 3.72. The van der Waals surface area contributed by atoms with Crippen LogP contribution in [0.15, 0.2) is 42.5 Å². The summed E-state index contributed by atoms with van der Waals surface area (Å²) in [6.45, 7) is 0.622. The molecule has 1 fully saturated rings. The van der Waals surface area contributed by atoms with E-state index >= 15 is 0 Å². The Labute approximate surface area is 145 Å². The van der Waals surface area contributed by atoms with Gasteiger partial charge in [-0.15, -0.1) is 10.2 Å². The van der Waals surface area contributed by atoms with Crippen molar-refractivity contribution < 1.29 is 14.3 Å². The lowest BCUT2D eigenvalue weighted by molar-refractivity contribution is -0.128. The summed E-state index contributed by atoms with van der Waals surface area (Å²) < 4.78 is 5.47. The molecule has 0 radical (unpaired) electrons. The number of hydrazine groups is 1. The fraction of sp³-hybridized carbons (Fsp3) is 0.294. The van der Waals surface area contributed by atoms with E-state index in [2.05, 4.69) is 26.4 Å². The Kier molecular flexibility index (Phi) is 5.53. The smallest absolute Gasteiger partial charge is 0.239 e. The van der Waals surface area contributed by atoms with Gasteiger partial charge in [0, 0.05) is 18.1 Å². The van der Waals surface area contributed by atoms with Gasteiger partial charge in [0.2, 0.25) is 17.7 Å². The van der Waals surface area contributed by atoms with Crippen molar-refractivity contribution in [2.75, 3.05) is 13.2 Å². The third kappa shape index (κ3) is 4.74. The molecule has 1 aromatic carbocycles. The number of rotatable bonds is 6. The molecule has 130 valence electrons. The molecule has 3 N–H and O–H groups in total. The van der Waals surface area contributed by atoms with Crippen LogP contribution < -0.4 is 20.9 Å². The van der Waals surface area contributed by atoms with Crippen LogP contribution in [0, 0.1) is 0 Å². The largest absolute Gasteiger partial charge is 0.475 e. The number of carbonyl (C=O) groups is 2. The topological polar surface area (TPSA) is 105 Å². The quantitative estimate of drug-likeness (QED) is 0.658. The maximum atomic E-state index is 11.9. The molecule has 2 heterocycles. The maximum absolute atomic E-state index is 11.9. The van der Waals surface area contributed by atoms with Gasteiger partial charge in [0.25, 0.3) is 0 Å². The van der Waals surface area contributed by atoms with Crippen molar-refractivity contribution in [2.24, 2.45) is 0 Å². The highest BCUT2D eigenvalue weighted by molar-refractivity contribution is 5.85. The van der Waals surface area contributed by atoms with E-state index in [0.717, 1.165) is 11.3 Å². The molecule has 8 nitrogen and oxygen atoms in total. The van der Waals surface area contributed by atoms with E-state index in [-0.39, 0.29) is 18.4 Å². The van der Waals surface area contributed by atoms with Crippen LogP contribution in [0.5, 0.6) is 5.88 Å². The number of hydrogen-bond donors (Lipinski definition) is 3. The predicted octanol–water partition coefficient (Wildman–Crippen LogP) is 0.422. The first-order valence-corrected chi connectivity index (χ1v) is 8.06. The van der Waals surface area contributed by atoms with Crippen LogP contribution in [0.1, 0.15) is 12.8 Å². The maximum Gasteiger partial charge on any atom is 0.239 e. The molecule has 0 bridgehead atoms. The Hall–Kier alpha value is -3.00. The van der Waals surface area contributed by atoms with Crippen LogP contribution in [-0.4, -0.2) is 41.2 Å². The average molecular weight is 341 g/mol. The summed E-state index contributed by atoms with van der Waals surface area (Å²) in [6.07, 6.45) is 0.815. The molecule has 25 heavy (non-hydrogen) atoms. The summed E-state index contributed by atoms with van der Waals surface area (Å²) in [5, 5.41) is 10.9. The fourth-order valence-electron chi connectivity index (χ4n) is 2.39. The Balaban J connectivity index is 1.40. The zero-order valence-corrected chi connectivity index (χ0v) is 13.6. The first-order chi connectivity index (χ1) is 12.2. The van der Waals surface area contributed by atoms with Crippen LogP contribution in [0.4, 0.5) is 0 Å². The molecule has 2 amide bonds. The van der Waals surface area contributed by atoms with Crippen LogP contribution >= 0.6 is 0 Å². The van der Waals surface area contributed by atoms with E-state index in [4.69, 9.17) is 4.74 Å². The molecule has 8 heteroatoms. The summed E-state index contributed by atoms with van der Waals surface area (Å²) >= 11 is 0. The van der Waals surface area contributed by atoms with Gasteiger partial charge in [0.1, 0.15) is 12.6 Å². The molecule has 1 saturated heterocycles. The molecule has 1 aliphatic rings. The molecule has 1 unspecified atom stereocenters. The molecule has 2 aromatic rings. The van der Waals surface area contributed by atoms with Gasteiger partial charge in [-0.25, -0.2) is 5.43 Å². The number of ether oxygens (including phenoxy) is 1. The van der Waals surface area contributed by atoms with E-state index in [1.165, 1.54) is 0 Å². The van der Waals surface area contributed by atoms with Crippen molar-refractivity contribution in [3.63, 3.8) is 0 Å². The van der Waals surface area contributed by atoms with E-state index in [1.54, 1.807) is 6.07 Å². The minimum atomic E-state index is -0.414. The number of nitrogens with one attached hydrogen (secondary N) is 3. The summed E-state index contributed by atoms with van der Waals surface area (Å²) in [6, 6.07) is 12.9. The van der Waals surface area contributed by atoms with Crippen molar-refractivity contribution in [1.29, 1.82) is 0 Å². The molecule has 0 aliphatic carbocycles. The fourth-order valence-corrected chi connectivity index (χ4v) is 2.39. The molecule has 1 atom stereocenters. The second-order valence-corrected chi connectivity index (χ2v) is 5.55. The number of benzene rings is 1. The first kappa shape index (κ1) is 16.8. The zero-order valence-electron chi connectivity index (χ0n) is 13.6. The summed E-state index contributed by atoms with van der Waals surface area (Å²) in [7, 11) is 0. The lowest BCUT2D eigenvalue weighted by Gasteiger charge is -2.22. The van der Waals surface area contributed by atoms with Gasteiger partial charge in [0.15, 0.2) is 0 Å². The normalized spacial score (nSPS) is 16.8. The van der Waals surface area contributed by atoms with Gasteiger partial charge in [-0.05, 0) is 12.5 Å². The number of aromatic nitrogens is 2. The van der Waals surface area contributed by atoms with E-state index < -0.39 is 6.04 Å². The van der Waals surface area contributed by atoms with Gasteiger partial charge in [0.05, 0.1) is 12.2 Å². The number of nitrogens with zero attached hydrogens (tertiary/aromatic N) is 2. The van der Waals surface area contributed by atoms with Crippen molar-refractivity contribution in [3.8, 4) is 17.1 Å². The van der Waals surface area contributed by atoms with Crippen LogP contribution in [0.3, 0.4) is 0 Å². The average Bonchev–Trinajstić information content (AvgIpc) is 2.67. The molecular formula is C17H19N5O3. The number of amides is 2. The van der Waals surface area contributed by atoms with Crippen molar-refractivity contribution in [3.05, 3.63) is 42.5 Å². The summed E-state index contributed by atoms with van der Waals surface area (Å²) in [5.74, 6) is 0.121. The second kappa shape index (κ2) is 8.20. The standard InChI is InChI=1S/C17H19N5O3/c23-15-8-6-14(20-21-15)17(24)18-10-11-25-16-9-7-13(19-22-16)12-4-2-1-3-5-12/h1-5,7,9,14,20H,6,8,10-11H2,(H,18,24)(H,21,23). The first-order valence-electron chi connectivity index (χ1n) is 8.06. The van der Waals surface area contributed by atoms with Gasteiger partial charge < -0.3 is 10.1 Å². The zero-order chi connectivity index (χ0) is 17.5. The molecule has 1 aromatic heterocycles. The van der Waals surface area contributed by atoms with Gasteiger partial charge >= 0.3 is 0 Å². The molecule has 3 rings (SSSR count). The lowest BCUT2D eigenvalue weighted by Crippen LogP contribution is -2.55. The van der Waals surface area contributed by atoms with Crippen molar-refractivity contribution >= 4 is 11.8 Å². The highest BCUT2D eigenvalue weighted by atomic mass is 16.5. The Bertz CT molecular complexity index is 711. The SMILES string of the molecule is O=C1CCC(C(=O)NCCOc2ccc(-c3ccccc3)nn2)NN1. The van der Waals surface area contributed by atoms with Crippen molar-refractivity contribution in [2.45, 2.75) is 18.9 Å². The van der Waals surface area contributed by atoms with Gasteiger partial charge in [-0.3, -0.25) is 15.0 Å². The molecule has 0 saturated carbocycles. The molecule has 0 spiro atoms. The number of hydrogen-bond acceptors (Lipinski definition) is 6. The monoisotopic (exact) mass is 341 g/mol. The van der Waals surface area contributed by atoms with Crippen LogP contribution in [-0.2, 0) is 9.59 Å². The van der Waals surface area contributed by atoms with Gasteiger partial charge in [-0.1, -0.05) is 30.3 Å². The summed E-state index contributed by atoms with van der Waals surface area (Å²) in [5.41, 5.74) is 6.88. The second-order valence-electron chi connectivity index (χ2n) is 5.55. The highest BCUT2D eigenvalue weighted by Gasteiger charge is 2.23. The highest BCUT2D eigenvalue weighted by Crippen LogP contribution is 2.16. The molecular weight excluding hydrogens is 322 g/mol. The predicted molar refractivity (Wildman–Crippen MR) is 90.3 cm³/mol. The minimum Gasteiger partial charge on any atom is -0.475 e. The van der Waals surface area contributed by atoms with Crippen LogP contribution in [0.25, 0.3) is 11.3 Å². The third-order valence-electron chi connectivity index (χ3n) is 3.72. The number of carbonyl (C=O) groups excluding carboxylic acids is 2. The van der Waals surface area contributed by atoms with E-state index in [0.29, 0.717) is 25.3 Å². The molecule has 1 aliphatic heterocycles. The lowest BCUT2D eigenvalue weighted by atomic mass is 10.1. The Morgan fingerprint density at radius 3 is 2.72 bits per heavy atom. The van der Waals surface area contributed by atoms with E-state index in [9.17, 15) is 9.59 Å².